The molecule has 1 fully saturated rings. The molecule has 4 aromatic rings. The number of nitrogen functional groups attached to an aromatic ring is 1. The van der Waals surface area contributed by atoms with Crippen LogP contribution >= 0.6 is 0 Å². The quantitative estimate of drug-likeness (QED) is 0.321. The summed E-state index contributed by atoms with van der Waals surface area (Å²) in [6.07, 6.45) is 4.13. The Morgan fingerprint density at radius 3 is 2.80 bits per heavy atom. The number of carbonyl (C=O) groups excluding carboxylic acids is 2. The lowest BCUT2D eigenvalue weighted by Gasteiger charge is -2.21. The van der Waals surface area contributed by atoms with Gasteiger partial charge in [0.2, 0.25) is 11.6 Å². The van der Waals surface area contributed by atoms with Gasteiger partial charge in [0.15, 0.2) is 0 Å². The van der Waals surface area contributed by atoms with Crippen LogP contribution in [0.2, 0.25) is 0 Å². The summed E-state index contributed by atoms with van der Waals surface area (Å²) >= 11 is 0. The van der Waals surface area contributed by atoms with Gasteiger partial charge in [-0.05, 0) is 49.4 Å². The Morgan fingerprint density at radius 2 is 2.05 bits per heavy atom. The van der Waals surface area contributed by atoms with Gasteiger partial charge in [-0.1, -0.05) is 42.2 Å². The Hall–Kier alpha value is -5.01. The third-order valence-electron chi connectivity index (χ3n) is 6.66. The van der Waals surface area contributed by atoms with E-state index in [-0.39, 0.29) is 29.5 Å². The molecule has 0 spiro atoms. The predicted octanol–water partition coefficient (Wildman–Crippen LogP) is 1.92. The number of carbonyl (C=O) groups is 2. The molecule has 0 aliphatic carbocycles. The van der Waals surface area contributed by atoms with Gasteiger partial charge in [0, 0.05) is 23.6 Å². The van der Waals surface area contributed by atoms with Crippen LogP contribution < -0.4 is 26.9 Å². The van der Waals surface area contributed by atoms with E-state index in [0.717, 1.165) is 6.42 Å². The van der Waals surface area contributed by atoms with Crippen LogP contribution in [-0.2, 0) is 9.53 Å². The maximum Gasteiger partial charge on any atom is 0.302 e. The maximum absolute atomic E-state index is 14.1. The summed E-state index contributed by atoms with van der Waals surface area (Å²) in [5.74, 6) is 5.49. The van der Waals surface area contributed by atoms with E-state index in [9.17, 15) is 14.4 Å². The smallest absolute Gasteiger partial charge is 0.302 e. The number of anilines is 1. The number of para-hydroxylation sites is 1. The Morgan fingerprint density at radius 1 is 1.23 bits per heavy atom. The lowest BCUT2D eigenvalue weighted by atomic mass is 10.0. The van der Waals surface area contributed by atoms with Crippen molar-refractivity contribution in [3.63, 3.8) is 0 Å². The topological polar surface area (TPSA) is 142 Å². The first-order valence-electron chi connectivity index (χ1n) is 13.0. The summed E-state index contributed by atoms with van der Waals surface area (Å²) in [5.41, 5.74) is 7.43. The van der Waals surface area contributed by atoms with Gasteiger partial charge in [-0.25, -0.2) is 9.97 Å². The predicted molar refractivity (Wildman–Crippen MR) is 149 cm³/mol. The van der Waals surface area contributed by atoms with Crippen LogP contribution in [0, 0.1) is 11.8 Å². The second-order valence-electron chi connectivity index (χ2n) is 9.38. The summed E-state index contributed by atoms with van der Waals surface area (Å²) in [4.78, 5) is 46.1. The van der Waals surface area contributed by atoms with Gasteiger partial charge >= 0.3 is 5.82 Å². The lowest BCUT2D eigenvalue weighted by Crippen LogP contribution is -2.34. The van der Waals surface area contributed by atoms with E-state index in [1.54, 1.807) is 17.6 Å². The van der Waals surface area contributed by atoms with Crippen LogP contribution in [0.25, 0.3) is 16.5 Å². The Labute approximate surface area is 230 Å². The zero-order valence-corrected chi connectivity index (χ0v) is 21.9. The molecule has 40 heavy (non-hydrogen) atoms. The molecule has 10 heteroatoms. The minimum atomic E-state index is -0.575. The molecule has 202 valence electrons. The number of hydrogen-bond donors (Lipinski definition) is 3. The number of nitrogens with one attached hydrogen (secondary N) is 3. The van der Waals surface area contributed by atoms with Crippen molar-refractivity contribution in [1.29, 1.82) is 0 Å². The molecule has 0 radical (unpaired) electrons. The van der Waals surface area contributed by atoms with Crippen molar-refractivity contribution in [2.45, 2.75) is 31.9 Å². The highest BCUT2D eigenvalue weighted by Crippen LogP contribution is 2.23. The van der Waals surface area contributed by atoms with Crippen LogP contribution in [-0.4, -0.2) is 40.6 Å². The maximum atomic E-state index is 14.1. The SMILES string of the molecule is CC(NC(=O)c1ncc[nH+]c1N)c1cc2cccc(C#CCNC(=O)C3CCCO3)c2c(=O)n1-c1ccccc1. The van der Waals surface area contributed by atoms with E-state index >= 15 is 0 Å². The van der Waals surface area contributed by atoms with E-state index in [4.69, 9.17) is 10.5 Å². The number of hydrogen-bond acceptors (Lipinski definition) is 6. The average Bonchev–Trinajstić information content (AvgIpc) is 3.51. The number of benzene rings is 2. The number of aromatic amines is 1. The van der Waals surface area contributed by atoms with Crippen LogP contribution in [0.15, 0.2) is 71.8 Å². The van der Waals surface area contributed by atoms with E-state index in [1.165, 1.54) is 12.4 Å². The third kappa shape index (κ3) is 5.55. The van der Waals surface area contributed by atoms with Gasteiger partial charge in [0.25, 0.3) is 11.5 Å². The summed E-state index contributed by atoms with van der Waals surface area (Å²) in [7, 11) is 0. The van der Waals surface area contributed by atoms with Crippen LogP contribution in [0.3, 0.4) is 0 Å². The van der Waals surface area contributed by atoms with E-state index in [2.05, 4.69) is 32.4 Å². The molecule has 1 aliphatic rings. The molecular formula is C30H29N6O4+. The van der Waals surface area contributed by atoms with E-state index in [0.29, 0.717) is 40.7 Å². The molecule has 2 unspecified atom stereocenters. The van der Waals surface area contributed by atoms with Gasteiger partial charge < -0.3 is 15.4 Å². The van der Waals surface area contributed by atoms with Crippen molar-refractivity contribution in [3.05, 3.63) is 94.3 Å². The minimum absolute atomic E-state index is 0.0629. The molecule has 1 aliphatic heterocycles. The van der Waals surface area contributed by atoms with Crippen molar-refractivity contribution in [3.8, 4) is 17.5 Å². The number of fused-ring (bicyclic) bond motifs is 1. The standard InChI is InChI=1S/C30H28N6O4/c1-19(35-29(38)26-27(31)33-16-15-32-26)23-18-21-9-5-8-20(10-6-14-34-28(37)24-13-7-17-40-24)25(21)30(39)36(23)22-11-3-2-4-12-22/h2-5,8-9,11-12,15-16,18-19,24H,7,13-14,17H2,1H3,(H2,31,33)(H,34,37)(H,35,38)/p+1. The average molecular weight is 538 g/mol. The van der Waals surface area contributed by atoms with Crippen LogP contribution in [0.1, 0.15) is 47.6 Å². The first kappa shape index (κ1) is 26.6. The zero-order chi connectivity index (χ0) is 28.1. The van der Waals surface area contributed by atoms with Gasteiger partial charge in [-0.2, -0.15) is 0 Å². The summed E-state index contributed by atoms with van der Waals surface area (Å²) in [6.45, 7) is 2.52. The van der Waals surface area contributed by atoms with Crippen molar-refractivity contribution in [2.24, 2.45) is 0 Å². The second kappa shape index (κ2) is 11.8. The third-order valence-corrected chi connectivity index (χ3v) is 6.66. The second-order valence-corrected chi connectivity index (χ2v) is 9.38. The molecule has 5 rings (SSSR count). The molecule has 0 saturated carbocycles. The Bertz CT molecular complexity index is 1680. The van der Waals surface area contributed by atoms with Gasteiger partial charge in [0.1, 0.15) is 12.3 Å². The fourth-order valence-corrected chi connectivity index (χ4v) is 4.71. The molecular weight excluding hydrogens is 508 g/mol. The molecule has 2 amide bonds. The molecule has 5 N–H and O–H groups in total. The minimum Gasteiger partial charge on any atom is -0.368 e. The number of rotatable bonds is 6. The van der Waals surface area contributed by atoms with Crippen LogP contribution in [0.5, 0.6) is 0 Å². The lowest BCUT2D eigenvalue weighted by molar-refractivity contribution is -0.361. The van der Waals surface area contributed by atoms with E-state index in [1.807, 2.05) is 48.5 Å². The summed E-state index contributed by atoms with van der Waals surface area (Å²) < 4.78 is 6.98. The highest BCUT2D eigenvalue weighted by molar-refractivity contribution is 5.96. The number of nitrogens with two attached hydrogens (primary N) is 1. The molecule has 2 aromatic heterocycles. The van der Waals surface area contributed by atoms with Gasteiger partial charge in [-0.15, -0.1) is 0 Å². The van der Waals surface area contributed by atoms with E-state index < -0.39 is 18.1 Å². The highest BCUT2D eigenvalue weighted by atomic mass is 16.5. The van der Waals surface area contributed by atoms with Gasteiger partial charge in [-0.3, -0.25) is 24.7 Å². The fraction of sp³-hybridized carbons (Fsp3) is 0.233. The molecule has 0 bridgehead atoms. The van der Waals surface area contributed by atoms with Gasteiger partial charge in [0.05, 0.1) is 24.2 Å². The monoisotopic (exact) mass is 537 g/mol. The number of ether oxygens (including phenoxy) is 1. The first-order valence-corrected chi connectivity index (χ1v) is 13.0. The molecule has 10 nitrogen and oxygen atoms in total. The molecule has 1 saturated heterocycles. The summed E-state index contributed by atoms with van der Waals surface area (Å²) in [5, 5.41) is 6.80. The van der Waals surface area contributed by atoms with Crippen molar-refractivity contribution >= 4 is 28.4 Å². The highest BCUT2D eigenvalue weighted by Gasteiger charge is 2.24. The number of pyridine rings is 1. The van der Waals surface area contributed by atoms with Crippen molar-refractivity contribution in [1.82, 2.24) is 20.2 Å². The normalized spacial score (nSPS) is 15.2. The number of aromatic nitrogens is 3. The summed E-state index contributed by atoms with van der Waals surface area (Å²) in [6, 6.07) is 15.9. The zero-order valence-electron chi connectivity index (χ0n) is 21.9. The number of amides is 2. The van der Waals surface area contributed by atoms with Crippen molar-refractivity contribution < 1.29 is 19.3 Å². The number of nitrogens with zero attached hydrogens (tertiary/aromatic N) is 2. The fourth-order valence-electron chi connectivity index (χ4n) is 4.71. The van der Waals surface area contributed by atoms with Crippen molar-refractivity contribution in [2.75, 3.05) is 18.9 Å². The Kier molecular flexibility index (Phi) is 7.84. The first-order chi connectivity index (χ1) is 19.4. The van der Waals surface area contributed by atoms with Crippen LogP contribution in [0.4, 0.5) is 5.82 Å². The number of H-pyrrole nitrogens is 1. The molecule has 2 aromatic carbocycles. The molecule has 2 atom stereocenters. The Balaban J connectivity index is 1.51. The molecule has 3 heterocycles. The largest absolute Gasteiger partial charge is 0.368 e.